The molecule has 0 unspecified atom stereocenters. The maximum absolute atomic E-state index is 12.8. The molecule has 1 rings (SSSR count). The zero-order valence-electron chi connectivity index (χ0n) is 9.62. The Bertz CT molecular complexity index is 471. The van der Waals surface area contributed by atoms with Crippen molar-refractivity contribution in [3.63, 3.8) is 0 Å². The third-order valence-electron chi connectivity index (χ3n) is 2.40. The van der Waals surface area contributed by atoms with Gasteiger partial charge in [0.25, 0.3) is 0 Å². The molecule has 0 fully saturated rings. The number of hydrogen-bond donors (Lipinski definition) is 1. The molecule has 3 nitrogen and oxygen atoms in total. The predicted molar refractivity (Wildman–Crippen MR) is 61.2 cm³/mol. The van der Waals surface area contributed by atoms with E-state index in [1.807, 2.05) is 6.92 Å². The van der Waals surface area contributed by atoms with E-state index in [1.165, 1.54) is 12.1 Å². The van der Waals surface area contributed by atoms with Crippen LogP contribution in [0.5, 0.6) is 0 Å². The maximum Gasteiger partial charge on any atom is 0.241 e. The number of aryl methyl sites for hydroxylation is 1. The molecule has 0 bridgehead atoms. The van der Waals surface area contributed by atoms with Gasteiger partial charge in [-0.2, -0.15) is 0 Å². The molecule has 0 aromatic heterocycles. The highest BCUT2D eigenvalue weighted by Crippen LogP contribution is 2.16. The fourth-order valence-corrected chi connectivity index (χ4v) is 2.88. The van der Waals surface area contributed by atoms with Crippen molar-refractivity contribution in [3.05, 3.63) is 29.6 Å². The van der Waals surface area contributed by atoms with Gasteiger partial charge in [-0.25, -0.2) is 17.5 Å². The van der Waals surface area contributed by atoms with Crippen LogP contribution in [0.2, 0.25) is 0 Å². The van der Waals surface area contributed by atoms with E-state index in [-0.39, 0.29) is 10.9 Å². The Morgan fingerprint density at radius 2 is 2.06 bits per heavy atom. The summed E-state index contributed by atoms with van der Waals surface area (Å²) in [4.78, 5) is 0.134. The van der Waals surface area contributed by atoms with Crippen molar-refractivity contribution in [1.82, 2.24) is 4.72 Å². The van der Waals surface area contributed by atoms with E-state index in [1.54, 1.807) is 13.8 Å². The number of sulfonamides is 1. The van der Waals surface area contributed by atoms with Crippen molar-refractivity contribution in [2.45, 2.75) is 38.1 Å². The maximum atomic E-state index is 12.8. The van der Waals surface area contributed by atoms with Crippen molar-refractivity contribution in [1.29, 1.82) is 0 Å². The minimum Gasteiger partial charge on any atom is -0.208 e. The van der Waals surface area contributed by atoms with Crippen LogP contribution < -0.4 is 4.72 Å². The van der Waals surface area contributed by atoms with Crippen molar-refractivity contribution in [3.8, 4) is 0 Å². The third-order valence-corrected chi connectivity index (χ3v) is 4.14. The molecular formula is C11H16FNO2S. The summed E-state index contributed by atoms with van der Waals surface area (Å²) in [5.74, 6) is -0.431. The van der Waals surface area contributed by atoms with Crippen LogP contribution in [-0.4, -0.2) is 14.5 Å². The Morgan fingerprint density at radius 1 is 1.44 bits per heavy atom. The molecule has 90 valence electrons. The van der Waals surface area contributed by atoms with Gasteiger partial charge in [0.05, 0.1) is 4.90 Å². The Kier molecular flexibility index (Phi) is 4.04. The zero-order valence-corrected chi connectivity index (χ0v) is 10.4. The van der Waals surface area contributed by atoms with E-state index in [0.29, 0.717) is 12.0 Å². The second-order valence-electron chi connectivity index (χ2n) is 3.84. The summed E-state index contributed by atoms with van der Waals surface area (Å²) in [6.45, 7) is 5.26. The van der Waals surface area contributed by atoms with Crippen molar-refractivity contribution >= 4 is 10.0 Å². The molecule has 0 aliphatic carbocycles. The summed E-state index contributed by atoms with van der Waals surface area (Å²) >= 11 is 0. The second-order valence-corrected chi connectivity index (χ2v) is 5.52. The molecule has 0 saturated heterocycles. The minimum absolute atomic E-state index is 0.130. The molecular weight excluding hydrogens is 229 g/mol. The van der Waals surface area contributed by atoms with Gasteiger partial charge in [-0.05, 0) is 44.0 Å². The smallest absolute Gasteiger partial charge is 0.208 e. The molecule has 1 atom stereocenters. The molecule has 0 amide bonds. The molecule has 1 aromatic carbocycles. The molecule has 1 aromatic rings. The average Bonchev–Trinajstić information content (AvgIpc) is 2.16. The summed E-state index contributed by atoms with van der Waals surface area (Å²) in [5, 5.41) is 0. The van der Waals surface area contributed by atoms with Gasteiger partial charge in [0, 0.05) is 6.04 Å². The highest BCUT2D eigenvalue weighted by Gasteiger charge is 2.18. The van der Waals surface area contributed by atoms with Crippen LogP contribution in [0.15, 0.2) is 23.1 Å². The van der Waals surface area contributed by atoms with Crippen LogP contribution >= 0.6 is 0 Å². The lowest BCUT2D eigenvalue weighted by molar-refractivity contribution is 0.554. The molecule has 5 heteroatoms. The molecule has 1 N–H and O–H groups in total. The zero-order chi connectivity index (χ0) is 12.3. The molecule has 16 heavy (non-hydrogen) atoms. The summed E-state index contributed by atoms with van der Waals surface area (Å²) in [7, 11) is -3.54. The minimum atomic E-state index is -3.54. The Labute approximate surface area is 95.7 Å². The average molecular weight is 245 g/mol. The van der Waals surface area contributed by atoms with E-state index in [0.717, 1.165) is 6.07 Å². The third kappa shape index (κ3) is 3.02. The lowest BCUT2D eigenvalue weighted by atomic mass is 10.2. The lowest BCUT2D eigenvalue weighted by Crippen LogP contribution is -2.32. The molecule has 0 heterocycles. The summed E-state index contributed by atoms with van der Waals surface area (Å²) in [6, 6.07) is 3.52. The van der Waals surface area contributed by atoms with Crippen molar-refractivity contribution < 1.29 is 12.8 Å². The fourth-order valence-electron chi connectivity index (χ4n) is 1.33. The van der Waals surface area contributed by atoms with Gasteiger partial charge in [-0.1, -0.05) is 6.92 Å². The van der Waals surface area contributed by atoms with Gasteiger partial charge in [0.15, 0.2) is 0 Å². The van der Waals surface area contributed by atoms with Crippen molar-refractivity contribution in [2.24, 2.45) is 0 Å². The predicted octanol–water partition coefficient (Wildman–Crippen LogP) is 2.21. The molecule has 0 saturated carbocycles. The first-order chi connectivity index (χ1) is 7.36. The van der Waals surface area contributed by atoms with Gasteiger partial charge in [-0.15, -0.1) is 0 Å². The molecule has 0 spiro atoms. The summed E-state index contributed by atoms with van der Waals surface area (Å²) < 4.78 is 39.2. The first-order valence-electron chi connectivity index (χ1n) is 5.15. The monoisotopic (exact) mass is 245 g/mol. The Morgan fingerprint density at radius 3 is 2.56 bits per heavy atom. The van der Waals surface area contributed by atoms with E-state index in [2.05, 4.69) is 4.72 Å². The summed E-state index contributed by atoms with van der Waals surface area (Å²) in [5.41, 5.74) is 0.413. The van der Waals surface area contributed by atoms with Gasteiger partial charge < -0.3 is 0 Å². The molecule has 0 radical (unpaired) electrons. The quantitative estimate of drug-likeness (QED) is 0.884. The van der Waals surface area contributed by atoms with E-state index >= 15 is 0 Å². The number of benzene rings is 1. The number of halogens is 1. The lowest BCUT2D eigenvalue weighted by Gasteiger charge is -2.13. The fraction of sp³-hybridized carbons (Fsp3) is 0.455. The summed E-state index contributed by atoms with van der Waals surface area (Å²) in [6.07, 6.45) is 0.708. The van der Waals surface area contributed by atoms with Crippen LogP contribution in [0.4, 0.5) is 4.39 Å². The number of rotatable bonds is 4. The van der Waals surface area contributed by atoms with E-state index in [4.69, 9.17) is 0 Å². The number of nitrogens with one attached hydrogen (secondary N) is 1. The van der Waals surface area contributed by atoms with Crippen LogP contribution in [0.3, 0.4) is 0 Å². The standard InChI is InChI=1S/C11H16FNO2S/c1-4-9(3)13-16(14,15)11-6-5-10(12)7-8(11)2/h5-7,9,13H,4H2,1-3H3/t9-/m0/s1. The topological polar surface area (TPSA) is 46.2 Å². The largest absolute Gasteiger partial charge is 0.241 e. The first kappa shape index (κ1) is 13.1. The second kappa shape index (κ2) is 4.93. The van der Waals surface area contributed by atoms with Crippen molar-refractivity contribution in [2.75, 3.05) is 0 Å². The van der Waals surface area contributed by atoms with Gasteiger partial charge in [0.1, 0.15) is 5.82 Å². The van der Waals surface area contributed by atoms with E-state index < -0.39 is 15.8 Å². The highest BCUT2D eigenvalue weighted by atomic mass is 32.2. The van der Waals surface area contributed by atoms with Crippen LogP contribution in [0.1, 0.15) is 25.8 Å². The van der Waals surface area contributed by atoms with Gasteiger partial charge in [0.2, 0.25) is 10.0 Å². The number of hydrogen-bond acceptors (Lipinski definition) is 2. The van der Waals surface area contributed by atoms with Gasteiger partial charge in [-0.3, -0.25) is 0 Å². The van der Waals surface area contributed by atoms with Crippen LogP contribution in [-0.2, 0) is 10.0 Å². The Balaban J connectivity index is 3.08. The first-order valence-corrected chi connectivity index (χ1v) is 6.63. The van der Waals surface area contributed by atoms with Crippen LogP contribution in [0, 0.1) is 12.7 Å². The normalized spacial score (nSPS) is 13.8. The molecule has 0 aliphatic heterocycles. The molecule has 0 aliphatic rings. The highest BCUT2D eigenvalue weighted by molar-refractivity contribution is 7.89. The Hall–Kier alpha value is -0.940. The SMILES string of the molecule is CC[C@H](C)NS(=O)(=O)c1ccc(F)cc1C. The van der Waals surface area contributed by atoms with Crippen LogP contribution in [0.25, 0.3) is 0 Å². The van der Waals surface area contributed by atoms with E-state index in [9.17, 15) is 12.8 Å². The van der Waals surface area contributed by atoms with Gasteiger partial charge >= 0.3 is 0 Å².